The maximum absolute atomic E-state index is 11.7. The highest BCUT2D eigenvalue weighted by atomic mass is 16.5. The van der Waals surface area contributed by atoms with Crippen molar-refractivity contribution in [2.75, 3.05) is 18.6 Å². The first-order valence-electron chi connectivity index (χ1n) is 6.07. The van der Waals surface area contributed by atoms with Gasteiger partial charge in [-0.05, 0) is 30.5 Å². The van der Waals surface area contributed by atoms with Crippen molar-refractivity contribution in [2.45, 2.75) is 25.4 Å². The third-order valence-electron chi connectivity index (χ3n) is 3.11. The molecule has 7 heteroatoms. The molecule has 0 unspecified atom stereocenters. The first-order valence-corrected chi connectivity index (χ1v) is 6.07. The van der Waals surface area contributed by atoms with Crippen LogP contribution in [0.1, 0.15) is 18.5 Å². The van der Waals surface area contributed by atoms with E-state index in [1.165, 1.54) is 7.11 Å². The zero-order valence-corrected chi connectivity index (χ0v) is 10.7. The number of ether oxygens (including phenoxy) is 1. The van der Waals surface area contributed by atoms with Gasteiger partial charge in [-0.25, -0.2) is 9.78 Å². The summed E-state index contributed by atoms with van der Waals surface area (Å²) < 4.78 is 4.81. The number of anilines is 1. The summed E-state index contributed by atoms with van der Waals surface area (Å²) in [6.07, 6.45) is 1.71. The second kappa shape index (κ2) is 6.06. The molecule has 7 nitrogen and oxygen atoms in total. The number of pyridine rings is 1. The summed E-state index contributed by atoms with van der Waals surface area (Å²) in [4.78, 5) is 20.8. The summed E-state index contributed by atoms with van der Waals surface area (Å²) in [5.41, 5.74) is 9.00. The lowest BCUT2D eigenvalue weighted by molar-refractivity contribution is -0.141. The standard InChI is InChI=1S/C12H15N5O2/c1-19-12(18)10-5-3-7-17(10)11-6-2-4-9(15-11)8-14-16-13/h2,4,6,10H,3,5,7-8H2,1H3/t10-/m0/s1. The van der Waals surface area contributed by atoms with E-state index in [2.05, 4.69) is 15.0 Å². The minimum atomic E-state index is -0.271. The van der Waals surface area contributed by atoms with Crippen LogP contribution >= 0.6 is 0 Å². The molecule has 0 spiro atoms. The molecule has 1 aliphatic heterocycles. The SMILES string of the molecule is COC(=O)[C@@H]1CCCN1c1cccc(CN=[N+]=[N-])n1. The van der Waals surface area contributed by atoms with Crippen LogP contribution in [0.5, 0.6) is 0 Å². The predicted molar refractivity (Wildman–Crippen MR) is 69.5 cm³/mol. The van der Waals surface area contributed by atoms with E-state index in [0.717, 1.165) is 25.2 Å². The Morgan fingerprint density at radius 2 is 2.53 bits per heavy atom. The van der Waals surface area contributed by atoms with Crippen molar-refractivity contribution >= 4 is 11.8 Å². The van der Waals surface area contributed by atoms with Crippen LogP contribution in [0.25, 0.3) is 10.4 Å². The summed E-state index contributed by atoms with van der Waals surface area (Å²) in [5, 5.41) is 3.49. The molecular formula is C12H15N5O2. The fourth-order valence-corrected chi connectivity index (χ4v) is 2.24. The van der Waals surface area contributed by atoms with Crippen LogP contribution in [0.2, 0.25) is 0 Å². The smallest absolute Gasteiger partial charge is 0.328 e. The second-order valence-electron chi connectivity index (χ2n) is 4.25. The minimum absolute atomic E-state index is 0.209. The molecule has 100 valence electrons. The van der Waals surface area contributed by atoms with Gasteiger partial charge in [0.05, 0.1) is 13.7 Å². The molecule has 0 bridgehead atoms. The summed E-state index contributed by atoms with van der Waals surface area (Å²) >= 11 is 0. The highest BCUT2D eigenvalue weighted by Crippen LogP contribution is 2.24. The van der Waals surface area contributed by atoms with E-state index in [1.807, 2.05) is 17.0 Å². The average molecular weight is 261 g/mol. The third kappa shape index (κ3) is 2.95. The molecule has 0 aromatic carbocycles. The van der Waals surface area contributed by atoms with Crippen LogP contribution < -0.4 is 4.90 Å². The molecule has 1 saturated heterocycles. The highest BCUT2D eigenvalue weighted by Gasteiger charge is 2.32. The first-order chi connectivity index (χ1) is 9.26. The van der Waals surface area contributed by atoms with Crippen molar-refractivity contribution in [2.24, 2.45) is 5.11 Å². The monoisotopic (exact) mass is 261 g/mol. The van der Waals surface area contributed by atoms with E-state index in [9.17, 15) is 4.79 Å². The first kappa shape index (κ1) is 13.2. The van der Waals surface area contributed by atoms with Gasteiger partial charge in [0.1, 0.15) is 11.9 Å². The zero-order chi connectivity index (χ0) is 13.7. The van der Waals surface area contributed by atoms with Gasteiger partial charge in [0.2, 0.25) is 0 Å². The number of nitrogens with zero attached hydrogens (tertiary/aromatic N) is 5. The van der Waals surface area contributed by atoms with Crippen LogP contribution in [-0.4, -0.2) is 30.6 Å². The Balaban J connectivity index is 2.20. The van der Waals surface area contributed by atoms with Crippen LogP contribution in [0.15, 0.2) is 23.3 Å². The van der Waals surface area contributed by atoms with Crippen LogP contribution in [0.3, 0.4) is 0 Å². The van der Waals surface area contributed by atoms with E-state index in [1.54, 1.807) is 6.07 Å². The van der Waals surface area contributed by atoms with Gasteiger partial charge in [0.25, 0.3) is 0 Å². The number of carbonyl (C=O) groups is 1. The van der Waals surface area contributed by atoms with E-state index in [4.69, 9.17) is 10.3 Å². The maximum Gasteiger partial charge on any atom is 0.328 e. The molecule has 2 rings (SSSR count). The molecule has 1 aliphatic rings. The quantitative estimate of drug-likeness (QED) is 0.359. The van der Waals surface area contributed by atoms with Crippen molar-refractivity contribution in [1.29, 1.82) is 0 Å². The molecule has 0 N–H and O–H groups in total. The van der Waals surface area contributed by atoms with Crippen molar-refractivity contribution in [3.8, 4) is 0 Å². The Bertz CT molecular complexity index is 513. The molecule has 1 fully saturated rings. The van der Waals surface area contributed by atoms with Gasteiger partial charge < -0.3 is 9.64 Å². The predicted octanol–water partition coefficient (Wildman–Crippen LogP) is 2.03. The number of carbonyl (C=O) groups excluding carboxylic acids is 1. The zero-order valence-electron chi connectivity index (χ0n) is 10.7. The van der Waals surface area contributed by atoms with Gasteiger partial charge in [-0.1, -0.05) is 11.2 Å². The van der Waals surface area contributed by atoms with E-state index >= 15 is 0 Å². The summed E-state index contributed by atoms with van der Waals surface area (Å²) in [6, 6.07) is 5.21. The van der Waals surface area contributed by atoms with Gasteiger partial charge in [-0.15, -0.1) is 0 Å². The Kier molecular flexibility index (Phi) is 4.20. The third-order valence-corrected chi connectivity index (χ3v) is 3.11. The van der Waals surface area contributed by atoms with Gasteiger partial charge >= 0.3 is 5.97 Å². The summed E-state index contributed by atoms with van der Waals surface area (Å²) in [6.45, 7) is 0.985. The molecule has 1 aromatic rings. The lowest BCUT2D eigenvalue weighted by Crippen LogP contribution is -2.37. The number of hydrogen-bond donors (Lipinski definition) is 0. The van der Waals surface area contributed by atoms with Crippen molar-refractivity contribution in [3.05, 3.63) is 34.3 Å². The number of azide groups is 1. The normalized spacial score (nSPS) is 17.9. The molecule has 1 atom stereocenters. The molecule has 0 radical (unpaired) electrons. The molecule has 2 heterocycles. The molecule has 0 amide bonds. The van der Waals surface area contributed by atoms with E-state index in [0.29, 0.717) is 5.69 Å². The summed E-state index contributed by atoms with van der Waals surface area (Å²) in [5.74, 6) is 0.485. The Hall–Kier alpha value is -2.27. The largest absolute Gasteiger partial charge is 0.467 e. The Morgan fingerprint density at radius 1 is 1.68 bits per heavy atom. The molecule has 1 aromatic heterocycles. The van der Waals surface area contributed by atoms with Crippen molar-refractivity contribution < 1.29 is 9.53 Å². The van der Waals surface area contributed by atoms with E-state index < -0.39 is 0 Å². The van der Waals surface area contributed by atoms with Gasteiger partial charge in [-0.3, -0.25) is 0 Å². The van der Waals surface area contributed by atoms with Crippen molar-refractivity contribution in [3.63, 3.8) is 0 Å². The number of rotatable bonds is 4. The van der Waals surface area contributed by atoms with Crippen LogP contribution in [0.4, 0.5) is 5.82 Å². The highest BCUT2D eigenvalue weighted by molar-refractivity contribution is 5.80. The lowest BCUT2D eigenvalue weighted by Gasteiger charge is -2.23. The molecule has 19 heavy (non-hydrogen) atoms. The van der Waals surface area contributed by atoms with Crippen LogP contribution in [0, 0.1) is 0 Å². The number of methoxy groups -OCH3 is 1. The average Bonchev–Trinajstić information content (AvgIpc) is 2.94. The summed E-state index contributed by atoms with van der Waals surface area (Å²) in [7, 11) is 1.39. The Labute approximate surface area is 110 Å². The Morgan fingerprint density at radius 3 is 3.26 bits per heavy atom. The second-order valence-corrected chi connectivity index (χ2v) is 4.25. The molecule has 0 aliphatic carbocycles. The molecular weight excluding hydrogens is 246 g/mol. The number of esters is 1. The lowest BCUT2D eigenvalue weighted by atomic mass is 10.2. The maximum atomic E-state index is 11.7. The van der Waals surface area contributed by atoms with Gasteiger partial charge in [0.15, 0.2) is 0 Å². The fraction of sp³-hybridized carbons (Fsp3) is 0.500. The van der Waals surface area contributed by atoms with Crippen LogP contribution in [-0.2, 0) is 16.1 Å². The minimum Gasteiger partial charge on any atom is -0.467 e. The van der Waals surface area contributed by atoms with Gasteiger partial charge in [0, 0.05) is 17.2 Å². The molecule has 0 saturated carbocycles. The van der Waals surface area contributed by atoms with E-state index in [-0.39, 0.29) is 18.6 Å². The van der Waals surface area contributed by atoms with Gasteiger partial charge in [-0.2, -0.15) is 0 Å². The topological polar surface area (TPSA) is 91.2 Å². The van der Waals surface area contributed by atoms with Crippen molar-refractivity contribution in [1.82, 2.24) is 4.98 Å². The fourth-order valence-electron chi connectivity index (χ4n) is 2.24. The number of hydrogen-bond acceptors (Lipinski definition) is 5. The number of aromatic nitrogens is 1.